The number of carbonyl (C=O) groups excluding carboxylic acids is 2. The standard InChI is InChI=1S/C33H43N5O4/c1-19-17-36(12-13-37(19)27-15-22-14-26(20(27)2)33(22,3)4)32(34)35-23-10-11-24-25(16-23)31(42)38(30(24)41)28(18-39)29(40)21-8-6-5-7-9-21/h5-11,16,19-20,22,26-29,39-40H,12-15,17-18H2,1-4H3,(H2,34,35)/t19-,20+,22-,26-,27-,28?,29?/m0/s1. The van der Waals surface area contributed by atoms with Gasteiger partial charge in [-0.05, 0) is 66.7 Å². The third-order valence-electron chi connectivity index (χ3n) is 10.9. The molecule has 224 valence electrons. The number of hydrogen-bond acceptors (Lipinski definition) is 6. The number of nitrogens with two attached hydrogens (primary N) is 1. The molecule has 2 bridgehead atoms. The Morgan fingerprint density at radius 1 is 1.05 bits per heavy atom. The lowest BCUT2D eigenvalue weighted by atomic mass is 9.44. The van der Waals surface area contributed by atoms with Crippen molar-refractivity contribution in [2.75, 3.05) is 26.2 Å². The number of piperazine rings is 1. The number of aliphatic hydroxyl groups excluding tert-OH is 2. The SMILES string of the molecule is C[C@H]1[C@@H](N2CCN(C(N)=Nc3ccc4c(c3)C(=O)N(C(CO)C(O)c3ccccc3)C4=O)C[C@@H]2C)C[C@@H]2C[C@@H]1C2(C)C. The fourth-order valence-electron chi connectivity index (χ4n) is 8.25. The van der Waals surface area contributed by atoms with E-state index in [1.54, 1.807) is 48.5 Å². The summed E-state index contributed by atoms with van der Waals surface area (Å²) in [6, 6.07) is 13.4. The molecule has 42 heavy (non-hydrogen) atoms. The number of benzene rings is 2. The van der Waals surface area contributed by atoms with Crippen LogP contribution in [0.5, 0.6) is 0 Å². The Balaban J connectivity index is 1.14. The molecular formula is C33H43N5O4. The van der Waals surface area contributed by atoms with Crippen LogP contribution >= 0.6 is 0 Å². The highest BCUT2D eigenvalue weighted by molar-refractivity contribution is 6.22. The zero-order valence-corrected chi connectivity index (χ0v) is 25.0. The van der Waals surface area contributed by atoms with Crippen LogP contribution in [0.2, 0.25) is 0 Å². The molecule has 2 aliphatic heterocycles. The molecule has 2 amide bonds. The second kappa shape index (κ2) is 10.8. The topological polar surface area (TPSA) is 123 Å². The van der Waals surface area contributed by atoms with Gasteiger partial charge in [0.05, 0.1) is 29.5 Å². The van der Waals surface area contributed by atoms with Crippen molar-refractivity contribution in [2.24, 2.45) is 33.9 Å². The number of amides is 2. The van der Waals surface area contributed by atoms with Gasteiger partial charge in [-0.2, -0.15) is 0 Å². The first-order chi connectivity index (χ1) is 20.0. The molecule has 7 rings (SSSR count). The van der Waals surface area contributed by atoms with E-state index < -0.39 is 30.6 Å². The van der Waals surface area contributed by atoms with Crippen LogP contribution in [0.3, 0.4) is 0 Å². The number of guanidine groups is 1. The highest BCUT2D eigenvalue weighted by atomic mass is 16.3. The predicted octanol–water partition coefficient (Wildman–Crippen LogP) is 3.40. The average Bonchev–Trinajstić information content (AvgIpc) is 3.22. The molecular weight excluding hydrogens is 530 g/mol. The first-order valence-corrected chi connectivity index (χ1v) is 15.2. The first kappa shape index (κ1) is 28.8. The monoisotopic (exact) mass is 573 g/mol. The van der Waals surface area contributed by atoms with Crippen molar-refractivity contribution in [1.29, 1.82) is 0 Å². The Kier molecular flexibility index (Phi) is 7.40. The maximum atomic E-state index is 13.4. The number of nitrogens with zero attached hydrogens (tertiary/aromatic N) is 4. The molecule has 2 aromatic carbocycles. The molecule has 9 nitrogen and oxygen atoms in total. The summed E-state index contributed by atoms with van der Waals surface area (Å²) in [4.78, 5) is 37.0. The smallest absolute Gasteiger partial charge is 0.262 e. The van der Waals surface area contributed by atoms with Crippen LogP contribution in [-0.4, -0.2) is 87.1 Å². The minimum absolute atomic E-state index is 0.193. The fourth-order valence-corrected chi connectivity index (χ4v) is 8.25. The lowest BCUT2D eigenvalue weighted by molar-refractivity contribution is -0.147. The van der Waals surface area contributed by atoms with Gasteiger partial charge in [0.25, 0.3) is 11.8 Å². The second-order valence-electron chi connectivity index (χ2n) is 13.3. The fraction of sp³-hybridized carbons (Fsp3) is 0.545. The van der Waals surface area contributed by atoms with Crippen LogP contribution in [0.15, 0.2) is 53.5 Å². The van der Waals surface area contributed by atoms with E-state index in [1.165, 1.54) is 12.8 Å². The van der Waals surface area contributed by atoms with Crippen molar-refractivity contribution in [3.63, 3.8) is 0 Å². The van der Waals surface area contributed by atoms with Crippen molar-refractivity contribution in [1.82, 2.24) is 14.7 Å². The van der Waals surface area contributed by atoms with Crippen LogP contribution < -0.4 is 5.73 Å². The summed E-state index contributed by atoms with van der Waals surface area (Å²) in [6.07, 6.45) is 1.43. The molecule has 4 N–H and O–H groups in total. The van der Waals surface area contributed by atoms with Crippen molar-refractivity contribution in [2.45, 2.75) is 64.8 Å². The van der Waals surface area contributed by atoms with E-state index in [1.807, 2.05) is 0 Å². The number of aliphatic hydroxyl groups is 2. The van der Waals surface area contributed by atoms with Gasteiger partial charge in [0.15, 0.2) is 5.96 Å². The van der Waals surface area contributed by atoms with Gasteiger partial charge in [-0.15, -0.1) is 0 Å². The Bertz CT molecular complexity index is 1390. The van der Waals surface area contributed by atoms with Gasteiger partial charge in [-0.3, -0.25) is 19.4 Å². The van der Waals surface area contributed by atoms with E-state index in [4.69, 9.17) is 5.73 Å². The Labute approximate surface area is 248 Å². The van der Waals surface area contributed by atoms with Gasteiger partial charge in [0.1, 0.15) is 6.10 Å². The Morgan fingerprint density at radius 3 is 2.40 bits per heavy atom. The number of rotatable bonds is 6. The number of carbonyl (C=O) groups is 2. The predicted molar refractivity (Wildman–Crippen MR) is 161 cm³/mol. The molecule has 3 saturated carbocycles. The second-order valence-corrected chi connectivity index (χ2v) is 13.3. The molecule has 0 radical (unpaired) electrons. The molecule has 9 heteroatoms. The summed E-state index contributed by atoms with van der Waals surface area (Å²) in [5.74, 6) is 1.59. The van der Waals surface area contributed by atoms with Crippen LogP contribution in [-0.2, 0) is 0 Å². The molecule has 2 heterocycles. The zero-order chi connectivity index (χ0) is 29.9. The minimum Gasteiger partial charge on any atom is -0.394 e. The van der Waals surface area contributed by atoms with Gasteiger partial charge in [0, 0.05) is 31.7 Å². The van der Waals surface area contributed by atoms with Crippen LogP contribution in [0, 0.1) is 23.2 Å². The normalized spacial score (nSPS) is 30.6. The minimum atomic E-state index is -1.22. The van der Waals surface area contributed by atoms with Crippen molar-refractivity contribution < 1.29 is 19.8 Å². The largest absolute Gasteiger partial charge is 0.394 e. The molecule has 1 saturated heterocycles. The third-order valence-corrected chi connectivity index (χ3v) is 10.9. The zero-order valence-electron chi connectivity index (χ0n) is 25.0. The number of aliphatic imine (C=N–C) groups is 1. The van der Waals surface area contributed by atoms with Crippen LogP contribution in [0.4, 0.5) is 5.69 Å². The lowest BCUT2D eigenvalue weighted by Crippen LogP contribution is -2.65. The van der Waals surface area contributed by atoms with Gasteiger partial charge in [-0.25, -0.2) is 4.99 Å². The van der Waals surface area contributed by atoms with Gasteiger partial charge in [0.2, 0.25) is 0 Å². The van der Waals surface area contributed by atoms with Crippen molar-refractivity contribution >= 4 is 23.5 Å². The molecule has 0 spiro atoms. The molecule has 3 aliphatic carbocycles. The van der Waals surface area contributed by atoms with Gasteiger partial charge < -0.3 is 20.8 Å². The van der Waals surface area contributed by atoms with Gasteiger partial charge >= 0.3 is 0 Å². The van der Waals surface area contributed by atoms with E-state index in [9.17, 15) is 19.8 Å². The molecule has 5 aliphatic rings. The van der Waals surface area contributed by atoms with E-state index in [0.717, 1.165) is 36.4 Å². The Morgan fingerprint density at radius 2 is 1.76 bits per heavy atom. The first-order valence-electron chi connectivity index (χ1n) is 15.2. The summed E-state index contributed by atoms with van der Waals surface area (Å²) in [5, 5.41) is 21.0. The molecule has 7 atom stereocenters. The lowest BCUT2D eigenvalue weighted by Gasteiger charge is -2.64. The maximum Gasteiger partial charge on any atom is 0.262 e. The van der Waals surface area contributed by atoms with E-state index in [2.05, 4.69) is 42.5 Å². The Hall–Kier alpha value is -3.27. The summed E-state index contributed by atoms with van der Waals surface area (Å²) in [6.45, 7) is 11.5. The summed E-state index contributed by atoms with van der Waals surface area (Å²) in [5.41, 5.74) is 8.38. The summed E-state index contributed by atoms with van der Waals surface area (Å²) < 4.78 is 0. The average molecular weight is 574 g/mol. The van der Waals surface area contributed by atoms with Crippen LogP contribution in [0.25, 0.3) is 0 Å². The summed E-state index contributed by atoms with van der Waals surface area (Å²) >= 11 is 0. The van der Waals surface area contributed by atoms with E-state index in [-0.39, 0.29) is 11.1 Å². The quantitative estimate of drug-likeness (QED) is 0.275. The number of hydrogen-bond donors (Lipinski definition) is 3. The van der Waals surface area contributed by atoms with Crippen molar-refractivity contribution in [3.8, 4) is 0 Å². The van der Waals surface area contributed by atoms with Crippen LogP contribution in [0.1, 0.15) is 72.9 Å². The third kappa shape index (κ3) is 4.62. The molecule has 4 fully saturated rings. The molecule has 2 aromatic rings. The van der Waals surface area contributed by atoms with Gasteiger partial charge in [-0.1, -0.05) is 51.1 Å². The number of fused-ring (bicyclic) bond motifs is 3. The molecule has 2 unspecified atom stereocenters. The van der Waals surface area contributed by atoms with Crippen molar-refractivity contribution in [3.05, 3.63) is 65.2 Å². The maximum absolute atomic E-state index is 13.4. The summed E-state index contributed by atoms with van der Waals surface area (Å²) in [7, 11) is 0. The number of imide groups is 1. The highest BCUT2D eigenvalue weighted by Crippen LogP contribution is 2.62. The van der Waals surface area contributed by atoms with E-state index in [0.29, 0.717) is 40.6 Å². The molecule has 0 aromatic heterocycles. The highest BCUT2D eigenvalue weighted by Gasteiger charge is 2.57. The van der Waals surface area contributed by atoms with E-state index >= 15 is 0 Å².